The number of Topliss-reactive ketones (excluding diaryl/α,β-unsaturated/α-hetero) is 2. The van der Waals surface area contributed by atoms with Crippen molar-refractivity contribution in [2.45, 2.75) is 13.8 Å². The van der Waals surface area contributed by atoms with E-state index in [0.29, 0.717) is 22.3 Å². The molecule has 0 atom stereocenters. The van der Waals surface area contributed by atoms with Crippen molar-refractivity contribution in [3.8, 4) is 0 Å². The lowest BCUT2D eigenvalue weighted by Crippen LogP contribution is -1.98. The molecule has 34 heavy (non-hydrogen) atoms. The Labute approximate surface area is 193 Å². The Morgan fingerprint density at radius 3 is 1.97 bits per heavy atom. The van der Waals surface area contributed by atoms with Gasteiger partial charge in [-0.25, -0.2) is 0 Å². The van der Waals surface area contributed by atoms with Gasteiger partial charge in [0.2, 0.25) is 0 Å². The first-order valence-electron chi connectivity index (χ1n) is 11.2. The van der Waals surface area contributed by atoms with Crippen LogP contribution >= 0.6 is 0 Å². The van der Waals surface area contributed by atoms with Gasteiger partial charge in [0.25, 0.3) is 0 Å². The van der Waals surface area contributed by atoms with Crippen LogP contribution in [0.4, 0.5) is 0 Å². The number of hydrogen-bond donors (Lipinski definition) is 0. The normalized spacial score (nSPS) is 12.1. The van der Waals surface area contributed by atoms with Crippen molar-refractivity contribution in [1.82, 2.24) is 0 Å². The standard InChI is InChI=1S/C30H18O4/c1-15(31)17-10-12-23-21(14-17)29-27-20(7-5-9-24(27)34-23)26-18(16(2)32)11-13-25-30(26)28(29)19-6-3-4-8-22(19)33-25/h3-14H,1-2H3. The van der Waals surface area contributed by atoms with Crippen LogP contribution in [0, 0.1) is 0 Å². The number of para-hydroxylation sites is 1. The summed E-state index contributed by atoms with van der Waals surface area (Å²) in [6.45, 7) is 3.16. The van der Waals surface area contributed by atoms with Crippen LogP contribution in [-0.2, 0) is 0 Å². The van der Waals surface area contributed by atoms with Crippen molar-refractivity contribution in [2.24, 2.45) is 0 Å². The lowest BCUT2D eigenvalue weighted by molar-refractivity contribution is 0.101. The minimum atomic E-state index is -0.00643. The van der Waals surface area contributed by atoms with E-state index in [4.69, 9.17) is 8.83 Å². The Morgan fingerprint density at radius 2 is 1.18 bits per heavy atom. The molecular formula is C30H18O4. The predicted octanol–water partition coefficient (Wildman–Crippen LogP) is 8.20. The SMILES string of the molecule is CC(=O)c1ccc2oc3cccc4c5c(C(C)=O)ccc6oc7ccccc7c(c65)c(c2c1)c34. The van der Waals surface area contributed by atoms with Crippen molar-refractivity contribution < 1.29 is 18.4 Å². The van der Waals surface area contributed by atoms with Gasteiger partial charge in [-0.1, -0.05) is 30.3 Å². The Kier molecular flexibility index (Phi) is 3.67. The molecular weight excluding hydrogens is 424 g/mol. The molecule has 0 unspecified atom stereocenters. The number of ketones is 2. The summed E-state index contributed by atoms with van der Waals surface area (Å²) in [5.74, 6) is -0.0105. The summed E-state index contributed by atoms with van der Waals surface area (Å²) in [6.07, 6.45) is 0. The molecule has 0 bridgehead atoms. The minimum Gasteiger partial charge on any atom is -0.456 e. The van der Waals surface area contributed by atoms with E-state index < -0.39 is 0 Å². The van der Waals surface area contributed by atoms with Crippen LogP contribution in [0.15, 0.2) is 81.6 Å². The average Bonchev–Trinajstić information content (AvgIpc) is 2.84. The molecule has 0 spiro atoms. The second-order valence-electron chi connectivity index (χ2n) is 8.81. The summed E-state index contributed by atoms with van der Waals surface area (Å²) in [4.78, 5) is 25.0. The van der Waals surface area contributed by atoms with E-state index in [2.05, 4.69) is 0 Å². The minimum absolute atomic E-state index is 0.00405. The Balaban J connectivity index is 1.95. The zero-order valence-corrected chi connectivity index (χ0v) is 18.6. The molecule has 0 fully saturated rings. The van der Waals surface area contributed by atoms with Crippen LogP contribution in [0.2, 0.25) is 0 Å². The molecule has 7 aromatic rings. The molecule has 4 heteroatoms. The highest BCUT2D eigenvalue weighted by Crippen LogP contribution is 2.47. The molecule has 2 aromatic heterocycles. The van der Waals surface area contributed by atoms with E-state index in [1.807, 2.05) is 66.7 Å². The molecule has 2 heterocycles. The second-order valence-corrected chi connectivity index (χ2v) is 8.81. The van der Waals surface area contributed by atoms with Gasteiger partial charge in [0.1, 0.15) is 22.3 Å². The number of rotatable bonds is 2. The highest BCUT2D eigenvalue weighted by molar-refractivity contribution is 6.41. The van der Waals surface area contributed by atoms with Gasteiger partial charge >= 0.3 is 0 Å². The van der Waals surface area contributed by atoms with Crippen molar-refractivity contribution in [2.75, 3.05) is 0 Å². The van der Waals surface area contributed by atoms with E-state index in [1.54, 1.807) is 19.9 Å². The molecule has 7 rings (SSSR count). The fraction of sp³-hybridized carbons (Fsp3) is 0.0667. The molecule has 0 aliphatic rings. The fourth-order valence-corrected chi connectivity index (χ4v) is 5.39. The van der Waals surface area contributed by atoms with E-state index >= 15 is 0 Å². The number of hydrogen-bond acceptors (Lipinski definition) is 4. The van der Waals surface area contributed by atoms with E-state index in [-0.39, 0.29) is 11.6 Å². The lowest BCUT2D eigenvalue weighted by Gasteiger charge is -2.18. The maximum atomic E-state index is 12.7. The quantitative estimate of drug-likeness (QED) is 0.154. The third kappa shape index (κ3) is 2.37. The van der Waals surface area contributed by atoms with Gasteiger partial charge in [-0.15, -0.1) is 0 Å². The summed E-state index contributed by atoms with van der Waals surface area (Å²) in [6, 6.07) is 23.2. The molecule has 0 radical (unpaired) electrons. The highest BCUT2D eigenvalue weighted by atomic mass is 16.3. The Hall–Kier alpha value is -4.44. The van der Waals surface area contributed by atoms with E-state index in [1.165, 1.54) is 0 Å². The fourth-order valence-electron chi connectivity index (χ4n) is 5.39. The lowest BCUT2D eigenvalue weighted by atomic mass is 9.87. The predicted molar refractivity (Wildman–Crippen MR) is 136 cm³/mol. The summed E-state index contributed by atoms with van der Waals surface area (Å²) in [5.41, 5.74) is 4.19. The topological polar surface area (TPSA) is 60.4 Å². The average molecular weight is 442 g/mol. The zero-order chi connectivity index (χ0) is 23.1. The molecule has 4 nitrogen and oxygen atoms in total. The highest BCUT2D eigenvalue weighted by Gasteiger charge is 2.23. The Morgan fingerprint density at radius 1 is 0.529 bits per heavy atom. The maximum absolute atomic E-state index is 12.7. The van der Waals surface area contributed by atoms with Crippen LogP contribution < -0.4 is 0 Å². The van der Waals surface area contributed by atoms with Crippen LogP contribution in [0.1, 0.15) is 34.6 Å². The van der Waals surface area contributed by atoms with Gasteiger partial charge in [0.05, 0.1) is 0 Å². The number of benzene rings is 5. The third-order valence-electron chi connectivity index (χ3n) is 6.84. The number of carbonyl (C=O) groups is 2. The van der Waals surface area contributed by atoms with E-state index in [0.717, 1.165) is 54.3 Å². The number of carbonyl (C=O) groups excluding carboxylic acids is 2. The van der Waals surface area contributed by atoms with Gasteiger partial charge in [-0.2, -0.15) is 0 Å². The Bertz CT molecular complexity index is 2020. The summed E-state index contributed by atoms with van der Waals surface area (Å²) in [7, 11) is 0. The van der Waals surface area contributed by atoms with Gasteiger partial charge in [0.15, 0.2) is 11.6 Å². The van der Waals surface area contributed by atoms with Crippen molar-refractivity contribution >= 4 is 77.0 Å². The first-order valence-corrected chi connectivity index (χ1v) is 11.2. The summed E-state index contributed by atoms with van der Waals surface area (Å²) >= 11 is 0. The molecule has 0 aliphatic heterocycles. The van der Waals surface area contributed by atoms with Crippen LogP contribution in [-0.4, -0.2) is 11.6 Å². The summed E-state index contributed by atoms with van der Waals surface area (Å²) in [5, 5.41) is 7.46. The first-order chi connectivity index (χ1) is 16.5. The molecule has 5 aromatic carbocycles. The largest absolute Gasteiger partial charge is 0.456 e. The van der Waals surface area contributed by atoms with Crippen molar-refractivity contribution in [1.29, 1.82) is 0 Å². The van der Waals surface area contributed by atoms with Gasteiger partial charge in [-0.3, -0.25) is 9.59 Å². The summed E-state index contributed by atoms with van der Waals surface area (Å²) < 4.78 is 12.7. The monoisotopic (exact) mass is 442 g/mol. The van der Waals surface area contributed by atoms with Crippen LogP contribution in [0.5, 0.6) is 0 Å². The molecule has 0 aliphatic carbocycles. The van der Waals surface area contributed by atoms with Gasteiger partial charge in [0, 0.05) is 48.8 Å². The number of fused-ring (bicyclic) bond motifs is 6. The van der Waals surface area contributed by atoms with Crippen molar-refractivity contribution in [3.05, 3.63) is 83.9 Å². The second kappa shape index (κ2) is 6.55. The maximum Gasteiger partial charge on any atom is 0.160 e. The molecule has 0 N–H and O–H groups in total. The van der Waals surface area contributed by atoms with Gasteiger partial charge < -0.3 is 8.83 Å². The van der Waals surface area contributed by atoms with Crippen molar-refractivity contribution in [3.63, 3.8) is 0 Å². The van der Waals surface area contributed by atoms with Crippen LogP contribution in [0.3, 0.4) is 0 Å². The van der Waals surface area contributed by atoms with Crippen LogP contribution in [0.25, 0.3) is 65.4 Å². The first kappa shape index (κ1) is 19.1. The molecule has 0 amide bonds. The van der Waals surface area contributed by atoms with Gasteiger partial charge in [-0.05, 0) is 61.7 Å². The smallest absolute Gasteiger partial charge is 0.160 e. The van der Waals surface area contributed by atoms with E-state index in [9.17, 15) is 9.59 Å². The zero-order valence-electron chi connectivity index (χ0n) is 18.6. The molecule has 0 saturated carbocycles. The molecule has 0 saturated heterocycles. The molecule has 162 valence electrons. The third-order valence-corrected chi connectivity index (χ3v) is 6.84.